The number of aromatic nitrogens is 1. The molecule has 0 amide bonds. The molecule has 0 aliphatic carbocycles. The SMILES string of the molecule is COc1cccc2c1OCCCN(Cc1ncc(C(F)(F)F)cc1Cl)C2. The zero-order valence-electron chi connectivity index (χ0n) is 14.1. The van der Waals surface area contributed by atoms with E-state index < -0.39 is 11.7 Å². The van der Waals surface area contributed by atoms with Crippen molar-refractivity contribution >= 4 is 11.6 Å². The van der Waals surface area contributed by atoms with Crippen molar-refractivity contribution in [3.63, 3.8) is 0 Å². The van der Waals surface area contributed by atoms with Gasteiger partial charge >= 0.3 is 6.18 Å². The number of hydrogen-bond donors (Lipinski definition) is 0. The minimum Gasteiger partial charge on any atom is -0.493 e. The molecule has 0 N–H and O–H groups in total. The molecule has 140 valence electrons. The minimum atomic E-state index is -4.46. The smallest absolute Gasteiger partial charge is 0.417 e. The highest BCUT2D eigenvalue weighted by Crippen LogP contribution is 2.34. The van der Waals surface area contributed by atoms with Crippen molar-refractivity contribution < 1.29 is 22.6 Å². The third-order valence-electron chi connectivity index (χ3n) is 4.16. The lowest BCUT2D eigenvalue weighted by Gasteiger charge is -2.27. The van der Waals surface area contributed by atoms with Crippen LogP contribution >= 0.6 is 11.6 Å². The fraction of sp³-hybridized carbons (Fsp3) is 0.389. The van der Waals surface area contributed by atoms with Gasteiger partial charge in [0.25, 0.3) is 0 Å². The van der Waals surface area contributed by atoms with Crippen LogP contribution in [0.2, 0.25) is 5.02 Å². The Labute approximate surface area is 154 Å². The Morgan fingerprint density at radius 3 is 2.85 bits per heavy atom. The van der Waals surface area contributed by atoms with E-state index in [4.69, 9.17) is 21.1 Å². The normalized spacial score (nSPS) is 15.6. The lowest BCUT2D eigenvalue weighted by atomic mass is 10.1. The number of fused-ring (bicyclic) bond motifs is 1. The van der Waals surface area contributed by atoms with Crippen molar-refractivity contribution in [2.45, 2.75) is 25.7 Å². The summed E-state index contributed by atoms with van der Waals surface area (Å²) in [7, 11) is 1.58. The van der Waals surface area contributed by atoms with Crippen molar-refractivity contribution in [2.75, 3.05) is 20.3 Å². The van der Waals surface area contributed by atoms with Crippen LogP contribution in [0.4, 0.5) is 13.2 Å². The van der Waals surface area contributed by atoms with Crippen molar-refractivity contribution in [2.24, 2.45) is 0 Å². The van der Waals surface area contributed by atoms with Gasteiger partial charge in [-0.25, -0.2) is 0 Å². The molecule has 26 heavy (non-hydrogen) atoms. The summed E-state index contributed by atoms with van der Waals surface area (Å²) in [5, 5.41) is 0.0176. The van der Waals surface area contributed by atoms with Gasteiger partial charge in [0.15, 0.2) is 11.5 Å². The topological polar surface area (TPSA) is 34.6 Å². The van der Waals surface area contributed by atoms with Crippen molar-refractivity contribution in [1.82, 2.24) is 9.88 Å². The molecule has 0 spiro atoms. The van der Waals surface area contributed by atoms with Gasteiger partial charge in [-0.15, -0.1) is 0 Å². The van der Waals surface area contributed by atoms with Crippen LogP contribution in [0, 0.1) is 0 Å². The van der Waals surface area contributed by atoms with Crippen LogP contribution in [-0.4, -0.2) is 30.1 Å². The number of hydrogen-bond acceptors (Lipinski definition) is 4. The van der Waals surface area contributed by atoms with Crippen LogP contribution in [0.1, 0.15) is 23.2 Å². The highest BCUT2D eigenvalue weighted by Gasteiger charge is 2.31. The highest BCUT2D eigenvalue weighted by atomic mass is 35.5. The number of halogens is 4. The lowest BCUT2D eigenvalue weighted by Crippen LogP contribution is -2.28. The Balaban J connectivity index is 1.81. The summed E-state index contributed by atoms with van der Waals surface area (Å²) in [6.07, 6.45) is -2.86. The first-order chi connectivity index (χ1) is 12.4. The summed E-state index contributed by atoms with van der Waals surface area (Å²) >= 11 is 6.04. The standard InChI is InChI=1S/C18H18ClF3N2O2/c1-25-16-5-2-4-12-10-24(6-3-7-26-17(12)16)11-15-14(19)8-13(9-23-15)18(20,21)22/h2,4-5,8-9H,3,6-7,10-11H2,1H3. The summed E-state index contributed by atoms with van der Waals surface area (Å²) in [6, 6.07) is 6.58. The van der Waals surface area contributed by atoms with Gasteiger partial charge in [-0.2, -0.15) is 13.2 Å². The number of para-hydroxylation sites is 1. The number of rotatable bonds is 3. The van der Waals surface area contributed by atoms with E-state index in [-0.39, 0.29) is 5.02 Å². The first-order valence-corrected chi connectivity index (χ1v) is 8.49. The fourth-order valence-corrected chi connectivity index (χ4v) is 3.10. The third kappa shape index (κ3) is 4.22. The summed E-state index contributed by atoms with van der Waals surface area (Å²) < 4.78 is 49.4. The summed E-state index contributed by atoms with van der Waals surface area (Å²) in [6.45, 7) is 2.16. The van der Waals surface area contributed by atoms with Gasteiger partial charge in [0.05, 0.1) is 30.0 Å². The lowest BCUT2D eigenvalue weighted by molar-refractivity contribution is -0.137. The molecule has 0 radical (unpaired) electrons. The van der Waals surface area contributed by atoms with E-state index in [9.17, 15) is 13.2 Å². The average Bonchev–Trinajstić information content (AvgIpc) is 2.57. The van der Waals surface area contributed by atoms with Crippen LogP contribution in [0.5, 0.6) is 11.5 Å². The van der Waals surface area contributed by atoms with Crippen molar-refractivity contribution in [3.05, 3.63) is 52.3 Å². The Morgan fingerprint density at radius 1 is 1.35 bits per heavy atom. The van der Waals surface area contributed by atoms with Crippen LogP contribution in [0.15, 0.2) is 30.5 Å². The predicted molar refractivity (Wildman–Crippen MR) is 91.5 cm³/mol. The number of ether oxygens (including phenoxy) is 2. The average molecular weight is 387 g/mol. The molecule has 0 saturated carbocycles. The maximum atomic E-state index is 12.8. The van der Waals surface area contributed by atoms with E-state index in [1.807, 2.05) is 18.2 Å². The molecule has 0 saturated heterocycles. The molecule has 0 unspecified atom stereocenters. The summed E-state index contributed by atoms with van der Waals surface area (Å²) in [5.74, 6) is 1.36. The van der Waals surface area contributed by atoms with E-state index in [1.165, 1.54) is 0 Å². The number of pyridine rings is 1. The van der Waals surface area contributed by atoms with Gasteiger partial charge in [-0.3, -0.25) is 9.88 Å². The molecule has 2 heterocycles. The van der Waals surface area contributed by atoms with Crippen molar-refractivity contribution in [1.29, 1.82) is 0 Å². The Bertz CT molecular complexity index is 784. The molecule has 3 rings (SSSR count). The Hall–Kier alpha value is -1.99. The van der Waals surface area contributed by atoms with E-state index in [1.54, 1.807) is 7.11 Å². The molecule has 2 aromatic rings. The fourth-order valence-electron chi connectivity index (χ4n) is 2.88. The second-order valence-corrected chi connectivity index (χ2v) is 6.42. The van der Waals surface area contributed by atoms with Crippen LogP contribution in [-0.2, 0) is 19.3 Å². The first kappa shape index (κ1) is 18.8. The molecule has 8 heteroatoms. The van der Waals surface area contributed by atoms with Crippen LogP contribution in [0.3, 0.4) is 0 Å². The summed E-state index contributed by atoms with van der Waals surface area (Å²) in [5.41, 5.74) is 0.528. The van der Waals surface area contributed by atoms with E-state index in [0.29, 0.717) is 36.9 Å². The van der Waals surface area contributed by atoms with Gasteiger partial charge in [-0.1, -0.05) is 23.7 Å². The van der Waals surface area contributed by atoms with Gasteiger partial charge < -0.3 is 9.47 Å². The molecule has 1 aromatic heterocycles. The Kier molecular flexibility index (Phi) is 5.58. The van der Waals surface area contributed by atoms with E-state index in [0.717, 1.165) is 30.8 Å². The van der Waals surface area contributed by atoms with Gasteiger partial charge in [0, 0.05) is 31.4 Å². The van der Waals surface area contributed by atoms with E-state index in [2.05, 4.69) is 9.88 Å². The van der Waals surface area contributed by atoms with Crippen LogP contribution in [0.25, 0.3) is 0 Å². The molecule has 0 bridgehead atoms. The molecule has 0 atom stereocenters. The minimum absolute atomic E-state index is 0.0176. The van der Waals surface area contributed by atoms with Gasteiger partial charge in [0.2, 0.25) is 0 Å². The second kappa shape index (κ2) is 7.72. The maximum absolute atomic E-state index is 12.8. The number of methoxy groups -OCH3 is 1. The number of nitrogens with zero attached hydrogens (tertiary/aromatic N) is 2. The zero-order chi connectivity index (χ0) is 18.7. The maximum Gasteiger partial charge on any atom is 0.417 e. The largest absolute Gasteiger partial charge is 0.493 e. The number of benzene rings is 1. The first-order valence-electron chi connectivity index (χ1n) is 8.11. The van der Waals surface area contributed by atoms with Gasteiger partial charge in [-0.05, 0) is 18.6 Å². The second-order valence-electron chi connectivity index (χ2n) is 6.01. The molecule has 1 aliphatic heterocycles. The van der Waals surface area contributed by atoms with Crippen molar-refractivity contribution in [3.8, 4) is 11.5 Å². The molecular formula is C18H18ClF3N2O2. The highest BCUT2D eigenvalue weighted by molar-refractivity contribution is 6.31. The van der Waals surface area contributed by atoms with E-state index >= 15 is 0 Å². The zero-order valence-corrected chi connectivity index (χ0v) is 14.9. The Morgan fingerprint density at radius 2 is 2.15 bits per heavy atom. The van der Waals surface area contributed by atoms with Gasteiger partial charge in [0.1, 0.15) is 0 Å². The molecule has 1 aromatic carbocycles. The third-order valence-corrected chi connectivity index (χ3v) is 4.48. The monoisotopic (exact) mass is 386 g/mol. The summed E-state index contributed by atoms with van der Waals surface area (Å²) in [4.78, 5) is 6.02. The predicted octanol–water partition coefficient (Wildman–Crippen LogP) is 4.55. The quantitative estimate of drug-likeness (QED) is 0.775. The van der Waals surface area contributed by atoms with Crippen LogP contribution < -0.4 is 9.47 Å². The molecular weight excluding hydrogens is 369 g/mol. The molecule has 0 fully saturated rings. The molecule has 1 aliphatic rings. The number of alkyl halides is 3. The molecule has 4 nitrogen and oxygen atoms in total.